The molecule has 2 saturated heterocycles. The molecule has 0 aromatic heterocycles. The Kier molecular flexibility index (Phi) is 5.95. The number of amides is 2. The second kappa shape index (κ2) is 8.78. The summed E-state index contributed by atoms with van der Waals surface area (Å²) in [5, 5.41) is 3.22. The largest absolute Gasteiger partial charge is 0.353 e. The van der Waals surface area contributed by atoms with Crippen molar-refractivity contribution in [3.05, 3.63) is 65.7 Å². The number of hydrogen-bond acceptors (Lipinski definition) is 2. The van der Waals surface area contributed by atoms with Crippen LogP contribution in [0.4, 0.5) is 5.69 Å². The maximum Gasteiger partial charge on any atom is 0.227 e. The zero-order valence-corrected chi connectivity index (χ0v) is 17.1. The molecule has 152 valence electrons. The molecule has 2 aromatic rings. The van der Waals surface area contributed by atoms with E-state index in [1.807, 2.05) is 37.3 Å². The van der Waals surface area contributed by atoms with Crippen LogP contribution < -0.4 is 15.1 Å². The van der Waals surface area contributed by atoms with Gasteiger partial charge in [0, 0.05) is 43.1 Å². The molecule has 29 heavy (non-hydrogen) atoms. The molecule has 2 N–H and O–H groups in total. The van der Waals surface area contributed by atoms with Crippen molar-refractivity contribution in [1.82, 2.24) is 5.32 Å². The van der Waals surface area contributed by atoms with E-state index in [4.69, 9.17) is 0 Å². The fourth-order valence-electron chi connectivity index (χ4n) is 4.41. The first kappa shape index (κ1) is 19.6. The number of likely N-dealkylation sites (tertiary alicyclic amines) is 1. The zero-order valence-electron chi connectivity index (χ0n) is 17.1. The predicted octanol–water partition coefficient (Wildman–Crippen LogP) is 1.71. The molecule has 5 nitrogen and oxygen atoms in total. The number of benzene rings is 2. The van der Waals surface area contributed by atoms with Crippen LogP contribution in [0.5, 0.6) is 0 Å². The molecule has 0 radical (unpaired) electrons. The Morgan fingerprint density at radius 2 is 1.76 bits per heavy atom. The lowest BCUT2D eigenvalue weighted by atomic mass is 10.0. The molecule has 0 bridgehead atoms. The minimum Gasteiger partial charge on any atom is -0.353 e. The summed E-state index contributed by atoms with van der Waals surface area (Å²) >= 11 is 0. The molecule has 0 unspecified atom stereocenters. The summed E-state index contributed by atoms with van der Waals surface area (Å²) in [6, 6.07) is 18.7. The standard InChI is InChI=1S/C24H29N3O2/c1-18-7-9-22(10-8-18)27-17-20(15-23(27)28)24(29)25-21-11-13-26(14-12-21)16-19-5-3-2-4-6-19/h2-10,20-21H,11-17H2,1H3,(H,25,29)/p+1/t20-/m1/s1. The average molecular weight is 393 g/mol. The van der Waals surface area contributed by atoms with E-state index >= 15 is 0 Å². The Hall–Kier alpha value is -2.66. The Labute approximate surface area is 172 Å². The van der Waals surface area contributed by atoms with Crippen LogP contribution >= 0.6 is 0 Å². The van der Waals surface area contributed by atoms with Gasteiger partial charge in [-0.1, -0.05) is 48.0 Å². The van der Waals surface area contributed by atoms with Crippen LogP contribution in [0.2, 0.25) is 0 Å². The number of anilines is 1. The Balaban J connectivity index is 1.26. The van der Waals surface area contributed by atoms with E-state index in [2.05, 4.69) is 29.6 Å². The van der Waals surface area contributed by atoms with Gasteiger partial charge in [-0.25, -0.2) is 0 Å². The highest BCUT2D eigenvalue weighted by atomic mass is 16.2. The van der Waals surface area contributed by atoms with E-state index in [0.29, 0.717) is 13.0 Å². The van der Waals surface area contributed by atoms with E-state index in [1.54, 1.807) is 9.80 Å². The SMILES string of the molecule is Cc1ccc(N2C[C@H](C(=O)NC3CC[NH+](Cc4ccccc4)CC3)CC2=O)cc1. The number of rotatable bonds is 5. The molecule has 2 heterocycles. The van der Waals surface area contributed by atoms with E-state index in [0.717, 1.165) is 43.7 Å². The van der Waals surface area contributed by atoms with Gasteiger partial charge in [0.1, 0.15) is 6.54 Å². The monoisotopic (exact) mass is 392 g/mol. The summed E-state index contributed by atoms with van der Waals surface area (Å²) in [5.74, 6) is -0.181. The first-order chi connectivity index (χ1) is 14.1. The van der Waals surface area contributed by atoms with Crippen molar-refractivity contribution in [3.63, 3.8) is 0 Å². The lowest BCUT2D eigenvalue weighted by Crippen LogP contribution is -3.12. The molecule has 0 spiro atoms. The molecular weight excluding hydrogens is 362 g/mol. The van der Waals surface area contributed by atoms with Crippen LogP contribution in [0.1, 0.15) is 30.4 Å². The third kappa shape index (κ3) is 4.85. The van der Waals surface area contributed by atoms with Gasteiger partial charge in [0.05, 0.1) is 19.0 Å². The van der Waals surface area contributed by atoms with Crippen LogP contribution in [0.3, 0.4) is 0 Å². The van der Waals surface area contributed by atoms with Crippen molar-refractivity contribution in [2.45, 2.75) is 38.8 Å². The topological polar surface area (TPSA) is 53.9 Å². The maximum atomic E-state index is 12.8. The van der Waals surface area contributed by atoms with Crippen molar-refractivity contribution in [3.8, 4) is 0 Å². The minimum atomic E-state index is -0.251. The number of hydrogen-bond donors (Lipinski definition) is 2. The molecule has 0 saturated carbocycles. The summed E-state index contributed by atoms with van der Waals surface area (Å²) < 4.78 is 0. The number of nitrogens with zero attached hydrogens (tertiary/aromatic N) is 1. The van der Waals surface area contributed by atoms with Gasteiger partial charge >= 0.3 is 0 Å². The van der Waals surface area contributed by atoms with Gasteiger partial charge in [0.2, 0.25) is 11.8 Å². The molecule has 2 aliphatic rings. The lowest BCUT2D eigenvalue weighted by Gasteiger charge is -2.30. The second-order valence-electron chi connectivity index (χ2n) is 8.44. The minimum absolute atomic E-state index is 0.0319. The fourth-order valence-corrected chi connectivity index (χ4v) is 4.41. The second-order valence-corrected chi connectivity index (χ2v) is 8.44. The molecule has 2 amide bonds. The van der Waals surface area contributed by atoms with Gasteiger partial charge in [-0.05, 0) is 19.1 Å². The van der Waals surface area contributed by atoms with Crippen molar-refractivity contribution < 1.29 is 14.5 Å². The summed E-state index contributed by atoms with van der Waals surface area (Å²) in [5.41, 5.74) is 3.41. The number of piperidine rings is 1. The normalized spacial score (nSPS) is 24.5. The van der Waals surface area contributed by atoms with Gasteiger partial charge in [-0.3, -0.25) is 9.59 Å². The number of carbonyl (C=O) groups is 2. The first-order valence-electron chi connectivity index (χ1n) is 10.6. The van der Waals surface area contributed by atoms with E-state index in [-0.39, 0.29) is 23.8 Å². The van der Waals surface area contributed by atoms with Crippen LogP contribution in [0.25, 0.3) is 0 Å². The zero-order chi connectivity index (χ0) is 20.2. The molecular formula is C24H30N3O2+. The van der Waals surface area contributed by atoms with Crippen LogP contribution in [0, 0.1) is 12.8 Å². The Bertz CT molecular complexity index is 842. The van der Waals surface area contributed by atoms with Gasteiger partial charge in [0.15, 0.2) is 0 Å². The van der Waals surface area contributed by atoms with Crippen LogP contribution in [0.15, 0.2) is 54.6 Å². The predicted molar refractivity (Wildman–Crippen MR) is 114 cm³/mol. The first-order valence-corrected chi connectivity index (χ1v) is 10.6. The molecule has 2 aliphatic heterocycles. The maximum absolute atomic E-state index is 12.8. The Morgan fingerprint density at radius 1 is 1.07 bits per heavy atom. The number of quaternary nitrogens is 1. The quantitative estimate of drug-likeness (QED) is 0.814. The number of aryl methyl sites for hydroxylation is 1. The highest BCUT2D eigenvalue weighted by molar-refractivity contribution is 6.00. The van der Waals surface area contributed by atoms with E-state index in [9.17, 15) is 9.59 Å². The highest BCUT2D eigenvalue weighted by Crippen LogP contribution is 2.25. The average Bonchev–Trinajstić information content (AvgIpc) is 3.13. The Morgan fingerprint density at radius 3 is 2.45 bits per heavy atom. The van der Waals surface area contributed by atoms with Crippen molar-refractivity contribution in [2.75, 3.05) is 24.5 Å². The number of nitrogens with one attached hydrogen (secondary N) is 2. The van der Waals surface area contributed by atoms with Crippen molar-refractivity contribution in [2.24, 2.45) is 5.92 Å². The molecule has 2 fully saturated rings. The van der Waals surface area contributed by atoms with Crippen molar-refractivity contribution >= 4 is 17.5 Å². The summed E-state index contributed by atoms with van der Waals surface area (Å²) in [6.07, 6.45) is 2.30. The third-order valence-electron chi connectivity index (χ3n) is 6.18. The van der Waals surface area contributed by atoms with E-state index < -0.39 is 0 Å². The summed E-state index contributed by atoms with van der Waals surface area (Å²) in [4.78, 5) is 28.5. The summed E-state index contributed by atoms with van der Waals surface area (Å²) in [6.45, 7) is 5.69. The molecule has 1 atom stereocenters. The van der Waals surface area contributed by atoms with Gasteiger partial charge in [0.25, 0.3) is 0 Å². The van der Waals surface area contributed by atoms with Gasteiger partial charge in [-0.2, -0.15) is 0 Å². The highest BCUT2D eigenvalue weighted by Gasteiger charge is 2.36. The summed E-state index contributed by atoms with van der Waals surface area (Å²) in [7, 11) is 0. The molecule has 0 aliphatic carbocycles. The van der Waals surface area contributed by atoms with Crippen LogP contribution in [-0.4, -0.2) is 37.5 Å². The third-order valence-corrected chi connectivity index (χ3v) is 6.18. The van der Waals surface area contributed by atoms with Gasteiger partial charge < -0.3 is 15.1 Å². The van der Waals surface area contributed by atoms with Gasteiger partial charge in [-0.15, -0.1) is 0 Å². The molecule has 5 heteroatoms. The molecule has 4 rings (SSSR count). The lowest BCUT2D eigenvalue weighted by molar-refractivity contribution is -0.918. The van der Waals surface area contributed by atoms with Crippen LogP contribution in [-0.2, 0) is 16.1 Å². The fraction of sp³-hybridized carbons (Fsp3) is 0.417. The van der Waals surface area contributed by atoms with Crippen molar-refractivity contribution in [1.29, 1.82) is 0 Å². The number of carbonyl (C=O) groups excluding carboxylic acids is 2. The smallest absolute Gasteiger partial charge is 0.227 e. The molecule has 2 aromatic carbocycles. The van der Waals surface area contributed by atoms with E-state index in [1.165, 1.54) is 5.56 Å².